The van der Waals surface area contributed by atoms with Gasteiger partial charge in [0.1, 0.15) is 0 Å². The van der Waals surface area contributed by atoms with Crippen molar-refractivity contribution < 1.29 is 0 Å². The van der Waals surface area contributed by atoms with Crippen LogP contribution in [0.2, 0.25) is 0 Å². The first-order chi connectivity index (χ1) is 8.78. The number of rotatable bonds is 4. The van der Waals surface area contributed by atoms with E-state index in [1.54, 1.807) is 0 Å². The summed E-state index contributed by atoms with van der Waals surface area (Å²) in [5, 5.41) is 0. The molecule has 0 aromatic heterocycles. The van der Waals surface area contributed by atoms with E-state index in [2.05, 4.69) is 88.4 Å². The lowest BCUT2D eigenvalue weighted by molar-refractivity contribution is 1.52. The Kier molecular flexibility index (Phi) is 5.93. The number of hydrogen-bond donors (Lipinski definition) is 0. The molecule has 0 heteroatoms. The second kappa shape index (κ2) is 7.50. The molecule has 1 rings (SSSR count). The Bertz CT molecular complexity index is 450. The van der Waals surface area contributed by atoms with E-state index < -0.39 is 0 Å². The van der Waals surface area contributed by atoms with Gasteiger partial charge >= 0.3 is 0 Å². The van der Waals surface area contributed by atoms with Crippen molar-refractivity contribution in [2.75, 3.05) is 0 Å². The minimum Gasteiger partial charge on any atom is -0.0870 e. The van der Waals surface area contributed by atoms with Crippen molar-refractivity contribution in [3.63, 3.8) is 0 Å². The third kappa shape index (κ3) is 3.33. The van der Waals surface area contributed by atoms with Crippen LogP contribution in [-0.2, 0) is 0 Å². The Morgan fingerprint density at radius 1 is 0.556 bits per heavy atom. The van der Waals surface area contributed by atoms with Crippen molar-refractivity contribution in [2.45, 2.75) is 27.7 Å². The molecule has 0 saturated carbocycles. The third-order valence-electron chi connectivity index (χ3n) is 2.71. The van der Waals surface area contributed by atoms with E-state index in [0.717, 1.165) is 0 Å². The lowest BCUT2D eigenvalue weighted by Gasteiger charge is -2.10. The van der Waals surface area contributed by atoms with Crippen LogP contribution in [0.1, 0.15) is 49.9 Å². The number of allylic oxidation sites excluding steroid dienone is 4. The maximum atomic E-state index is 2.18. The molecule has 0 unspecified atom stereocenters. The third-order valence-corrected chi connectivity index (χ3v) is 2.71. The highest BCUT2D eigenvalue weighted by Gasteiger charge is 2.05. The van der Waals surface area contributed by atoms with Crippen LogP contribution in [0.4, 0.5) is 0 Å². The van der Waals surface area contributed by atoms with Gasteiger partial charge in [-0.05, 0) is 49.9 Å². The van der Waals surface area contributed by atoms with Crippen LogP contribution >= 0.6 is 0 Å². The maximum absolute atomic E-state index is 2.18. The van der Waals surface area contributed by atoms with Crippen LogP contribution in [0.15, 0.2) is 36.4 Å². The Morgan fingerprint density at radius 2 is 0.889 bits per heavy atom. The maximum Gasteiger partial charge on any atom is -0.0109 e. The van der Waals surface area contributed by atoms with Gasteiger partial charge in [0, 0.05) is 0 Å². The topological polar surface area (TPSA) is 0 Å². The highest BCUT2D eigenvalue weighted by atomic mass is 14.1. The Hall–Kier alpha value is -1.82. The van der Waals surface area contributed by atoms with Crippen LogP contribution in [0.25, 0.3) is 24.3 Å². The van der Waals surface area contributed by atoms with E-state index in [9.17, 15) is 0 Å². The van der Waals surface area contributed by atoms with Crippen molar-refractivity contribution in [3.05, 3.63) is 58.7 Å². The SMILES string of the molecule is C/C=C\c1ccc(/C=C\C)c(/C=C\C)c1/C=C\C. The van der Waals surface area contributed by atoms with E-state index in [4.69, 9.17) is 0 Å². The Labute approximate surface area is 111 Å². The van der Waals surface area contributed by atoms with Crippen molar-refractivity contribution in [2.24, 2.45) is 0 Å². The summed E-state index contributed by atoms with van der Waals surface area (Å²) in [5.74, 6) is 0. The Balaban J connectivity index is 3.58. The molecule has 0 bridgehead atoms. The molecule has 0 nitrogen and oxygen atoms in total. The average molecular weight is 238 g/mol. The fraction of sp³-hybridized carbons (Fsp3) is 0.222. The first-order valence-corrected chi connectivity index (χ1v) is 6.46. The van der Waals surface area contributed by atoms with Crippen molar-refractivity contribution >= 4 is 24.3 Å². The molecule has 0 radical (unpaired) electrons. The summed E-state index contributed by atoms with van der Waals surface area (Å²) in [4.78, 5) is 0. The molecule has 0 amide bonds. The molecular formula is C18H22. The highest BCUT2D eigenvalue weighted by molar-refractivity contribution is 5.79. The molecule has 0 heterocycles. The summed E-state index contributed by atoms with van der Waals surface area (Å²) in [6, 6.07) is 4.36. The van der Waals surface area contributed by atoms with Gasteiger partial charge in [-0.25, -0.2) is 0 Å². The summed E-state index contributed by atoms with van der Waals surface area (Å²) < 4.78 is 0. The molecule has 0 saturated heterocycles. The van der Waals surface area contributed by atoms with Gasteiger partial charge < -0.3 is 0 Å². The van der Waals surface area contributed by atoms with Crippen LogP contribution in [0, 0.1) is 0 Å². The zero-order valence-electron chi connectivity index (χ0n) is 11.8. The summed E-state index contributed by atoms with van der Waals surface area (Å²) in [6.45, 7) is 8.21. The molecule has 18 heavy (non-hydrogen) atoms. The molecule has 0 aliphatic rings. The van der Waals surface area contributed by atoms with Gasteiger partial charge in [0.05, 0.1) is 0 Å². The zero-order valence-corrected chi connectivity index (χ0v) is 11.8. The van der Waals surface area contributed by atoms with Gasteiger partial charge in [-0.2, -0.15) is 0 Å². The second-order valence-electron chi connectivity index (χ2n) is 4.07. The van der Waals surface area contributed by atoms with E-state index in [1.165, 1.54) is 22.3 Å². The summed E-state index contributed by atoms with van der Waals surface area (Å²) in [7, 11) is 0. The highest BCUT2D eigenvalue weighted by Crippen LogP contribution is 2.25. The first-order valence-electron chi connectivity index (χ1n) is 6.46. The van der Waals surface area contributed by atoms with Gasteiger partial charge in [-0.3, -0.25) is 0 Å². The van der Waals surface area contributed by atoms with Crippen molar-refractivity contribution in [3.8, 4) is 0 Å². The van der Waals surface area contributed by atoms with Gasteiger partial charge in [0.2, 0.25) is 0 Å². The fourth-order valence-electron chi connectivity index (χ4n) is 2.03. The minimum atomic E-state index is 1.26. The molecule has 1 aromatic carbocycles. The number of hydrogen-bond acceptors (Lipinski definition) is 0. The van der Waals surface area contributed by atoms with Gasteiger partial charge in [0.15, 0.2) is 0 Å². The molecule has 0 fully saturated rings. The van der Waals surface area contributed by atoms with Crippen LogP contribution in [0.3, 0.4) is 0 Å². The second-order valence-corrected chi connectivity index (χ2v) is 4.07. The molecule has 94 valence electrons. The number of benzene rings is 1. The molecule has 0 spiro atoms. The predicted octanol–water partition coefficient (Wildman–Crippen LogP) is 5.82. The molecule has 0 aliphatic carbocycles. The quantitative estimate of drug-likeness (QED) is 0.620. The largest absolute Gasteiger partial charge is 0.0870 e. The van der Waals surface area contributed by atoms with Gasteiger partial charge in [0.25, 0.3) is 0 Å². The van der Waals surface area contributed by atoms with Crippen LogP contribution in [-0.4, -0.2) is 0 Å². The molecule has 0 N–H and O–H groups in total. The zero-order chi connectivity index (χ0) is 13.4. The van der Waals surface area contributed by atoms with E-state index >= 15 is 0 Å². The lowest BCUT2D eigenvalue weighted by atomic mass is 9.94. The van der Waals surface area contributed by atoms with Crippen molar-refractivity contribution in [1.82, 2.24) is 0 Å². The molecule has 0 aliphatic heterocycles. The first kappa shape index (κ1) is 14.2. The molecule has 1 aromatic rings. The van der Waals surface area contributed by atoms with E-state index in [-0.39, 0.29) is 0 Å². The molecular weight excluding hydrogens is 216 g/mol. The van der Waals surface area contributed by atoms with E-state index in [0.29, 0.717) is 0 Å². The monoisotopic (exact) mass is 238 g/mol. The van der Waals surface area contributed by atoms with Gasteiger partial charge in [-0.15, -0.1) is 0 Å². The van der Waals surface area contributed by atoms with Gasteiger partial charge in [-0.1, -0.05) is 60.7 Å². The Morgan fingerprint density at radius 3 is 1.17 bits per heavy atom. The van der Waals surface area contributed by atoms with Crippen molar-refractivity contribution in [1.29, 1.82) is 0 Å². The predicted molar refractivity (Wildman–Crippen MR) is 85.3 cm³/mol. The standard InChI is InChI=1S/C18H22/c1-5-9-15-13-14-16(10-6-2)18(12-8-4)17(15)11-7-3/h5-14H,1-4H3/b9-5-,10-6-,11-7-,12-8-. The normalized spacial score (nSPS) is 12.7. The average Bonchev–Trinajstić information content (AvgIpc) is 2.37. The van der Waals surface area contributed by atoms with Crippen LogP contribution < -0.4 is 0 Å². The summed E-state index contributed by atoms with van der Waals surface area (Å²) in [5.41, 5.74) is 5.09. The summed E-state index contributed by atoms with van der Waals surface area (Å²) >= 11 is 0. The molecule has 0 atom stereocenters. The summed E-state index contributed by atoms with van der Waals surface area (Å²) in [6.07, 6.45) is 17.0. The minimum absolute atomic E-state index is 1.26. The lowest BCUT2D eigenvalue weighted by Crippen LogP contribution is -1.91. The smallest absolute Gasteiger partial charge is 0.0109 e. The van der Waals surface area contributed by atoms with Crippen LogP contribution in [0.5, 0.6) is 0 Å². The van der Waals surface area contributed by atoms with E-state index in [1.807, 2.05) is 0 Å². The fourth-order valence-corrected chi connectivity index (χ4v) is 2.03.